The lowest BCUT2D eigenvalue weighted by Crippen LogP contribution is -2.43. The molecule has 1 aliphatic heterocycles. The summed E-state index contributed by atoms with van der Waals surface area (Å²) in [5, 5.41) is 19.8. The third-order valence-corrected chi connectivity index (χ3v) is 5.97. The third-order valence-electron chi connectivity index (χ3n) is 5.97. The molecule has 4 heteroatoms. The van der Waals surface area contributed by atoms with E-state index in [1.165, 1.54) is 27.7 Å². The molecular weight excluding hydrogens is 356 g/mol. The van der Waals surface area contributed by atoms with Crippen LogP contribution in [-0.4, -0.2) is 15.5 Å². The Hall–Kier alpha value is -3.34. The minimum atomic E-state index is 0.124. The number of hydrogen-bond donors (Lipinski definition) is 0. The van der Waals surface area contributed by atoms with Crippen LogP contribution in [-0.2, 0) is 20.0 Å². The second kappa shape index (κ2) is 8.35. The summed E-state index contributed by atoms with van der Waals surface area (Å²) in [6.07, 6.45) is 5.64. The molecule has 0 fully saturated rings. The van der Waals surface area contributed by atoms with Crippen molar-refractivity contribution in [1.29, 1.82) is 10.5 Å². The Morgan fingerprint density at radius 2 is 1.83 bits per heavy atom. The van der Waals surface area contributed by atoms with Crippen LogP contribution in [0.3, 0.4) is 0 Å². The van der Waals surface area contributed by atoms with E-state index in [0.29, 0.717) is 6.42 Å². The SMILES string of the molecule is Cn1c2c(c3ccccc31)C[C@@H](CC#N)N(Cc1ccccc1)[C@H]2C/C=C/C#N. The van der Waals surface area contributed by atoms with Gasteiger partial charge in [0.2, 0.25) is 0 Å². The summed E-state index contributed by atoms with van der Waals surface area (Å²) in [6.45, 7) is 0.791. The lowest BCUT2D eigenvalue weighted by atomic mass is 9.88. The zero-order chi connectivity index (χ0) is 20.2. The van der Waals surface area contributed by atoms with E-state index < -0.39 is 0 Å². The van der Waals surface area contributed by atoms with Crippen molar-refractivity contribution in [2.75, 3.05) is 0 Å². The summed E-state index contributed by atoms with van der Waals surface area (Å²) in [5.74, 6) is 0. The highest BCUT2D eigenvalue weighted by Crippen LogP contribution is 2.42. The highest BCUT2D eigenvalue weighted by Gasteiger charge is 2.37. The number of benzene rings is 2. The minimum absolute atomic E-state index is 0.124. The highest BCUT2D eigenvalue weighted by molar-refractivity contribution is 5.86. The van der Waals surface area contributed by atoms with Crippen LogP contribution in [0.5, 0.6) is 0 Å². The molecule has 144 valence electrons. The Morgan fingerprint density at radius 1 is 1.07 bits per heavy atom. The van der Waals surface area contributed by atoms with E-state index in [2.05, 4.69) is 77.2 Å². The summed E-state index contributed by atoms with van der Waals surface area (Å²) in [7, 11) is 2.13. The lowest BCUT2D eigenvalue weighted by Gasteiger charge is -2.42. The molecule has 4 rings (SSSR count). The van der Waals surface area contributed by atoms with Crippen LogP contribution in [0, 0.1) is 22.7 Å². The quantitative estimate of drug-likeness (QED) is 0.583. The van der Waals surface area contributed by atoms with Crippen molar-refractivity contribution in [1.82, 2.24) is 9.47 Å². The van der Waals surface area contributed by atoms with E-state index >= 15 is 0 Å². The fourth-order valence-corrected chi connectivity index (χ4v) is 4.72. The van der Waals surface area contributed by atoms with Crippen molar-refractivity contribution in [3.8, 4) is 12.1 Å². The first kappa shape index (κ1) is 19.0. The van der Waals surface area contributed by atoms with Crippen LogP contribution in [0.25, 0.3) is 10.9 Å². The van der Waals surface area contributed by atoms with Gasteiger partial charge in [-0.05, 0) is 30.0 Å². The molecule has 0 spiro atoms. The molecule has 0 amide bonds. The number of rotatable bonds is 5. The summed E-state index contributed by atoms with van der Waals surface area (Å²) < 4.78 is 2.30. The summed E-state index contributed by atoms with van der Waals surface area (Å²) in [5.41, 5.74) is 5.12. The maximum Gasteiger partial charge on any atom is 0.0908 e. The maximum absolute atomic E-state index is 9.53. The van der Waals surface area contributed by atoms with Gasteiger partial charge in [0.25, 0.3) is 0 Å². The van der Waals surface area contributed by atoms with Crippen molar-refractivity contribution in [3.05, 3.63) is 83.6 Å². The molecular formula is C25H24N4. The molecule has 1 aromatic heterocycles. The van der Waals surface area contributed by atoms with E-state index in [9.17, 15) is 5.26 Å². The standard InChI is InChI=1S/C25H24N4/c1-28-23-12-6-5-11-21(23)22-17-20(14-16-27)29(18-19-9-3-2-4-10-19)24(25(22)28)13-7-8-15-26/h2-12,20,24H,13-14,17-18H2,1H3/b8-7+/t20-,24+/m1/s1. The van der Waals surface area contributed by atoms with Crippen LogP contribution in [0.15, 0.2) is 66.7 Å². The molecule has 29 heavy (non-hydrogen) atoms. The second-order valence-corrected chi connectivity index (χ2v) is 7.60. The van der Waals surface area contributed by atoms with Crippen molar-refractivity contribution in [2.45, 2.75) is 37.9 Å². The second-order valence-electron chi connectivity index (χ2n) is 7.60. The van der Waals surface area contributed by atoms with E-state index in [1.54, 1.807) is 6.08 Å². The smallest absolute Gasteiger partial charge is 0.0908 e. The normalized spacial score (nSPS) is 19.1. The topological polar surface area (TPSA) is 55.8 Å². The maximum atomic E-state index is 9.53. The molecule has 0 saturated heterocycles. The molecule has 0 N–H and O–H groups in total. The van der Waals surface area contributed by atoms with Gasteiger partial charge in [0, 0.05) is 42.3 Å². The molecule has 0 aliphatic carbocycles. The van der Waals surface area contributed by atoms with Crippen molar-refractivity contribution in [3.63, 3.8) is 0 Å². The molecule has 1 aliphatic rings. The van der Waals surface area contributed by atoms with Gasteiger partial charge < -0.3 is 4.57 Å². The van der Waals surface area contributed by atoms with Gasteiger partial charge in [-0.15, -0.1) is 0 Å². The number of aryl methyl sites for hydroxylation is 1. The van der Waals surface area contributed by atoms with Gasteiger partial charge in [0.15, 0.2) is 0 Å². The highest BCUT2D eigenvalue weighted by atomic mass is 15.2. The van der Waals surface area contributed by atoms with Crippen molar-refractivity contribution >= 4 is 10.9 Å². The molecule has 0 radical (unpaired) electrons. The zero-order valence-electron chi connectivity index (χ0n) is 16.6. The Bertz CT molecular complexity index is 1110. The molecule has 2 aromatic carbocycles. The fourth-order valence-electron chi connectivity index (χ4n) is 4.72. The summed E-state index contributed by atoms with van der Waals surface area (Å²) >= 11 is 0. The van der Waals surface area contributed by atoms with E-state index in [-0.39, 0.29) is 12.1 Å². The third kappa shape index (κ3) is 3.56. The Balaban J connectivity index is 1.85. The van der Waals surface area contributed by atoms with Gasteiger partial charge in [-0.1, -0.05) is 54.6 Å². The molecule has 4 nitrogen and oxygen atoms in total. The van der Waals surface area contributed by atoms with Gasteiger partial charge >= 0.3 is 0 Å². The number of aromatic nitrogens is 1. The molecule has 0 bridgehead atoms. The number of para-hydroxylation sites is 1. The number of fused-ring (bicyclic) bond motifs is 3. The average molecular weight is 380 g/mol. The van der Waals surface area contributed by atoms with Crippen LogP contribution < -0.4 is 0 Å². The zero-order valence-corrected chi connectivity index (χ0v) is 16.6. The Morgan fingerprint density at radius 3 is 2.59 bits per heavy atom. The fraction of sp³-hybridized carbons (Fsp3) is 0.280. The molecule has 2 heterocycles. The van der Waals surface area contributed by atoms with Gasteiger partial charge in [0.1, 0.15) is 0 Å². The van der Waals surface area contributed by atoms with Crippen LogP contribution in [0.1, 0.15) is 35.7 Å². The molecule has 2 atom stereocenters. The summed E-state index contributed by atoms with van der Waals surface area (Å²) in [6, 6.07) is 23.7. The van der Waals surface area contributed by atoms with E-state index in [4.69, 9.17) is 5.26 Å². The van der Waals surface area contributed by atoms with E-state index in [1.807, 2.05) is 12.1 Å². The van der Waals surface area contributed by atoms with Crippen LogP contribution >= 0.6 is 0 Å². The number of nitriles is 2. The van der Waals surface area contributed by atoms with Crippen LogP contribution in [0.4, 0.5) is 0 Å². The predicted octanol–water partition coefficient (Wildman–Crippen LogP) is 5.03. The van der Waals surface area contributed by atoms with Crippen molar-refractivity contribution in [2.24, 2.45) is 7.05 Å². The number of allylic oxidation sites excluding steroid dienone is 1. The largest absolute Gasteiger partial charge is 0.346 e. The number of nitrogens with zero attached hydrogens (tertiary/aromatic N) is 4. The van der Waals surface area contributed by atoms with Crippen molar-refractivity contribution < 1.29 is 0 Å². The average Bonchev–Trinajstić information content (AvgIpc) is 3.03. The summed E-state index contributed by atoms with van der Waals surface area (Å²) in [4.78, 5) is 2.46. The first-order valence-electron chi connectivity index (χ1n) is 10.0. The Kier molecular flexibility index (Phi) is 5.47. The monoisotopic (exact) mass is 380 g/mol. The number of hydrogen-bond acceptors (Lipinski definition) is 3. The first-order valence-corrected chi connectivity index (χ1v) is 10.0. The predicted molar refractivity (Wildman–Crippen MR) is 115 cm³/mol. The first-order chi connectivity index (χ1) is 14.2. The van der Waals surface area contributed by atoms with Gasteiger partial charge in [-0.25, -0.2) is 0 Å². The van der Waals surface area contributed by atoms with Gasteiger partial charge in [-0.3, -0.25) is 4.90 Å². The van der Waals surface area contributed by atoms with E-state index in [0.717, 1.165) is 19.4 Å². The minimum Gasteiger partial charge on any atom is -0.346 e. The molecule has 0 saturated carbocycles. The van der Waals surface area contributed by atoms with Gasteiger partial charge in [0.05, 0.1) is 24.6 Å². The molecule has 0 unspecified atom stereocenters. The lowest BCUT2D eigenvalue weighted by molar-refractivity contribution is 0.106. The Labute approximate surface area is 171 Å². The van der Waals surface area contributed by atoms with Gasteiger partial charge in [-0.2, -0.15) is 10.5 Å². The molecule has 3 aromatic rings. The van der Waals surface area contributed by atoms with Crippen LogP contribution in [0.2, 0.25) is 0 Å².